The number of ether oxygens (including phenoxy) is 1. The molecule has 3 amide bonds. The lowest BCUT2D eigenvalue weighted by Crippen LogP contribution is -2.98. The third kappa shape index (κ3) is 1.89. The van der Waals surface area contributed by atoms with Crippen molar-refractivity contribution in [2.24, 2.45) is 11.8 Å². The van der Waals surface area contributed by atoms with Gasteiger partial charge in [0.05, 0.1) is 24.5 Å². The van der Waals surface area contributed by atoms with Gasteiger partial charge in [0.2, 0.25) is 17.4 Å². The van der Waals surface area contributed by atoms with Gasteiger partial charge in [-0.3, -0.25) is 14.4 Å². The summed E-state index contributed by atoms with van der Waals surface area (Å²) in [5, 5.41) is 4.79. The Balaban J connectivity index is 1.68. The van der Waals surface area contributed by atoms with E-state index in [-0.39, 0.29) is 23.8 Å². The molecule has 7 heteroatoms. The normalized spacial score (nSPS) is 30.6. The maximum absolute atomic E-state index is 13.6. The highest BCUT2D eigenvalue weighted by Gasteiger charge is 2.73. The lowest BCUT2D eigenvalue weighted by molar-refractivity contribution is -0.730. The summed E-state index contributed by atoms with van der Waals surface area (Å²) in [5.41, 5.74) is 0.767. The Bertz CT molecular complexity index is 1040. The number of nitrogens with zero attached hydrogens (tertiary/aromatic N) is 1. The second-order valence-corrected chi connectivity index (χ2v) is 7.58. The fourth-order valence-electron chi connectivity index (χ4n) is 5.15. The van der Waals surface area contributed by atoms with E-state index in [0.717, 1.165) is 5.56 Å². The SMILES string of the molecule is COc1ccccc1N1C(=O)[C@@H]2[C@H](C)[NH2+][C@]3(C(=O)Nc4ccccc43)[C@@H]2C1=O. The highest BCUT2D eigenvalue weighted by molar-refractivity contribution is 6.25. The monoisotopic (exact) mass is 378 g/mol. The fourth-order valence-corrected chi connectivity index (χ4v) is 5.15. The van der Waals surface area contributed by atoms with Crippen LogP contribution in [0, 0.1) is 11.8 Å². The van der Waals surface area contributed by atoms with Crippen molar-refractivity contribution in [3.05, 3.63) is 54.1 Å². The topological polar surface area (TPSA) is 92.3 Å². The van der Waals surface area contributed by atoms with Gasteiger partial charge < -0.3 is 15.4 Å². The molecule has 1 spiro atoms. The quantitative estimate of drug-likeness (QED) is 0.749. The molecule has 0 bridgehead atoms. The number of hydrogen-bond acceptors (Lipinski definition) is 4. The number of fused-ring (bicyclic) bond motifs is 4. The molecular weight excluding hydrogens is 358 g/mol. The zero-order valence-electron chi connectivity index (χ0n) is 15.5. The molecule has 3 heterocycles. The minimum absolute atomic E-state index is 0.210. The number of hydrogen-bond donors (Lipinski definition) is 2. The summed E-state index contributed by atoms with van der Waals surface area (Å²) >= 11 is 0. The summed E-state index contributed by atoms with van der Waals surface area (Å²) in [7, 11) is 1.50. The highest BCUT2D eigenvalue weighted by atomic mass is 16.5. The summed E-state index contributed by atoms with van der Waals surface area (Å²) in [6.07, 6.45) is 0. The van der Waals surface area contributed by atoms with Crippen molar-refractivity contribution < 1.29 is 24.4 Å². The molecule has 2 saturated heterocycles. The number of imide groups is 1. The number of methoxy groups -OCH3 is 1. The molecule has 2 fully saturated rings. The number of rotatable bonds is 2. The minimum Gasteiger partial charge on any atom is -0.495 e. The molecule has 2 aromatic carbocycles. The molecule has 0 saturated carbocycles. The number of quaternary nitrogens is 1. The van der Waals surface area contributed by atoms with Gasteiger partial charge in [-0.1, -0.05) is 30.3 Å². The summed E-state index contributed by atoms with van der Waals surface area (Å²) in [6.45, 7) is 1.90. The van der Waals surface area contributed by atoms with E-state index in [0.29, 0.717) is 17.1 Å². The summed E-state index contributed by atoms with van der Waals surface area (Å²) < 4.78 is 5.36. The van der Waals surface area contributed by atoms with E-state index in [1.807, 2.05) is 36.5 Å². The molecular formula is C21H20N3O4+. The number of anilines is 2. The Morgan fingerprint density at radius 1 is 1.04 bits per heavy atom. The van der Waals surface area contributed by atoms with Gasteiger partial charge in [0, 0.05) is 5.56 Å². The third-order valence-electron chi connectivity index (χ3n) is 6.26. The fraction of sp³-hybridized carbons (Fsp3) is 0.286. The molecule has 0 radical (unpaired) electrons. The van der Waals surface area contributed by atoms with E-state index in [1.165, 1.54) is 12.0 Å². The van der Waals surface area contributed by atoms with Crippen molar-refractivity contribution in [3.8, 4) is 5.75 Å². The first-order chi connectivity index (χ1) is 13.5. The van der Waals surface area contributed by atoms with Crippen molar-refractivity contribution >= 4 is 29.1 Å². The Morgan fingerprint density at radius 2 is 1.75 bits per heavy atom. The van der Waals surface area contributed by atoms with Crippen LogP contribution in [0.25, 0.3) is 0 Å². The maximum Gasteiger partial charge on any atom is 0.291 e. The van der Waals surface area contributed by atoms with E-state index in [1.54, 1.807) is 24.3 Å². The average molecular weight is 378 g/mol. The number of amides is 3. The maximum atomic E-state index is 13.6. The van der Waals surface area contributed by atoms with Gasteiger partial charge in [0.25, 0.3) is 5.91 Å². The van der Waals surface area contributed by atoms with Crippen LogP contribution < -0.4 is 20.3 Å². The van der Waals surface area contributed by atoms with Gasteiger partial charge in [-0.25, -0.2) is 4.90 Å². The lowest BCUT2D eigenvalue weighted by Gasteiger charge is -2.26. The zero-order valence-corrected chi connectivity index (χ0v) is 15.5. The largest absolute Gasteiger partial charge is 0.495 e. The Kier molecular flexibility index (Phi) is 3.42. The van der Waals surface area contributed by atoms with Crippen molar-refractivity contribution in [2.45, 2.75) is 18.5 Å². The molecule has 2 aromatic rings. The summed E-state index contributed by atoms with van der Waals surface area (Å²) in [6, 6.07) is 14.1. The molecule has 3 N–H and O–H groups in total. The van der Waals surface area contributed by atoms with Crippen LogP contribution in [0.15, 0.2) is 48.5 Å². The van der Waals surface area contributed by atoms with Crippen LogP contribution in [0.1, 0.15) is 12.5 Å². The predicted molar refractivity (Wildman–Crippen MR) is 101 cm³/mol. The van der Waals surface area contributed by atoms with Gasteiger partial charge in [-0.15, -0.1) is 0 Å². The summed E-state index contributed by atoms with van der Waals surface area (Å²) in [4.78, 5) is 41.2. The van der Waals surface area contributed by atoms with Gasteiger partial charge in [0.15, 0.2) is 0 Å². The summed E-state index contributed by atoms with van der Waals surface area (Å²) in [5.74, 6) is -1.76. The Hall–Kier alpha value is -3.19. The van der Waals surface area contributed by atoms with Crippen LogP contribution in [0.3, 0.4) is 0 Å². The van der Waals surface area contributed by atoms with E-state index in [4.69, 9.17) is 4.74 Å². The Labute approximate surface area is 161 Å². The van der Waals surface area contributed by atoms with Gasteiger partial charge in [-0.05, 0) is 25.1 Å². The van der Waals surface area contributed by atoms with Gasteiger partial charge >= 0.3 is 0 Å². The average Bonchev–Trinajstić information content (AvgIpc) is 3.26. The predicted octanol–water partition coefficient (Wildman–Crippen LogP) is 0.614. The molecule has 3 aliphatic heterocycles. The lowest BCUT2D eigenvalue weighted by atomic mass is 9.76. The third-order valence-corrected chi connectivity index (χ3v) is 6.26. The molecule has 7 nitrogen and oxygen atoms in total. The molecule has 4 atom stereocenters. The first-order valence-corrected chi connectivity index (χ1v) is 9.28. The van der Waals surface area contributed by atoms with Crippen molar-refractivity contribution in [2.75, 3.05) is 17.3 Å². The van der Waals surface area contributed by atoms with Crippen molar-refractivity contribution in [1.29, 1.82) is 0 Å². The smallest absolute Gasteiger partial charge is 0.291 e. The highest BCUT2D eigenvalue weighted by Crippen LogP contribution is 2.50. The van der Waals surface area contributed by atoms with E-state index >= 15 is 0 Å². The van der Waals surface area contributed by atoms with Crippen LogP contribution in [0.4, 0.5) is 11.4 Å². The number of para-hydroxylation sites is 3. The zero-order chi connectivity index (χ0) is 19.6. The molecule has 0 aromatic heterocycles. The minimum atomic E-state index is -1.12. The Morgan fingerprint density at radius 3 is 2.54 bits per heavy atom. The molecule has 0 unspecified atom stereocenters. The second kappa shape index (κ2) is 5.65. The molecule has 28 heavy (non-hydrogen) atoms. The van der Waals surface area contributed by atoms with E-state index in [2.05, 4.69) is 5.32 Å². The van der Waals surface area contributed by atoms with Gasteiger partial charge in [0.1, 0.15) is 17.6 Å². The number of nitrogens with one attached hydrogen (secondary N) is 1. The van der Waals surface area contributed by atoms with Crippen LogP contribution in [0.5, 0.6) is 5.75 Å². The van der Waals surface area contributed by atoms with E-state index in [9.17, 15) is 14.4 Å². The van der Waals surface area contributed by atoms with Gasteiger partial charge in [-0.2, -0.15) is 0 Å². The first-order valence-electron chi connectivity index (χ1n) is 9.28. The number of nitrogens with two attached hydrogens (primary N) is 1. The van der Waals surface area contributed by atoms with Crippen molar-refractivity contribution in [1.82, 2.24) is 0 Å². The van der Waals surface area contributed by atoms with Crippen LogP contribution in [-0.4, -0.2) is 30.9 Å². The molecule has 0 aliphatic carbocycles. The standard InChI is InChI=1S/C21H19N3O4/c1-11-16-17(21(23-11)12-7-3-4-8-13(12)22-20(21)27)19(26)24(18(16)25)14-9-5-6-10-15(14)28-2/h3-11,16-17,23H,1-2H3,(H,22,27)/p+1/t11-,16+,17-,21-/m0/s1. The molecule has 142 valence electrons. The van der Waals surface area contributed by atoms with Crippen molar-refractivity contribution in [3.63, 3.8) is 0 Å². The number of carbonyl (C=O) groups is 3. The first kappa shape index (κ1) is 16.9. The second-order valence-electron chi connectivity index (χ2n) is 7.58. The number of carbonyl (C=O) groups excluding carboxylic acids is 3. The van der Waals surface area contributed by atoms with Crippen LogP contribution in [0.2, 0.25) is 0 Å². The van der Waals surface area contributed by atoms with E-state index < -0.39 is 17.4 Å². The van der Waals surface area contributed by atoms with Crippen LogP contribution >= 0.6 is 0 Å². The molecule has 5 rings (SSSR count). The molecule has 3 aliphatic rings. The number of benzene rings is 2. The van der Waals surface area contributed by atoms with Crippen LogP contribution in [-0.2, 0) is 19.9 Å².